The molecule has 0 aliphatic carbocycles. The minimum absolute atomic E-state index is 0.0230. The number of carbonyl (C=O) groups is 2. The molecule has 10 heteroatoms. The first kappa shape index (κ1) is 29.2. The first-order chi connectivity index (χ1) is 18.6. The summed E-state index contributed by atoms with van der Waals surface area (Å²) in [7, 11) is -3.83. The number of halogens is 1. The van der Waals surface area contributed by atoms with Gasteiger partial charge >= 0.3 is 0 Å². The van der Waals surface area contributed by atoms with Crippen molar-refractivity contribution in [2.24, 2.45) is 11.8 Å². The quantitative estimate of drug-likeness (QED) is 0.561. The Balaban J connectivity index is 1.58. The van der Waals surface area contributed by atoms with E-state index >= 15 is 0 Å². The van der Waals surface area contributed by atoms with Crippen molar-refractivity contribution in [3.63, 3.8) is 0 Å². The van der Waals surface area contributed by atoms with Crippen LogP contribution in [0.5, 0.6) is 0 Å². The van der Waals surface area contributed by atoms with Crippen LogP contribution in [0.3, 0.4) is 0 Å². The maximum atomic E-state index is 13.9. The number of fused-ring (bicyclic) bond motifs is 1. The molecule has 0 saturated carbocycles. The highest BCUT2D eigenvalue weighted by Crippen LogP contribution is 2.28. The molecule has 2 aromatic carbocycles. The Labute approximate surface area is 231 Å². The highest BCUT2D eigenvalue weighted by Gasteiger charge is 2.38. The van der Waals surface area contributed by atoms with Crippen LogP contribution in [-0.4, -0.2) is 80.2 Å². The molecule has 0 N–H and O–H groups in total. The molecule has 4 rings (SSSR count). The summed E-state index contributed by atoms with van der Waals surface area (Å²) in [4.78, 5) is 32.5. The third kappa shape index (κ3) is 7.04. The molecule has 2 aromatic rings. The molecule has 1 fully saturated rings. The zero-order chi connectivity index (χ0) is 28.2. The molecule has 0 radical (unpaired) electrons. The zero-order valence-electron chi connectivity index (χ0n) is 23.1. The van der Waals surface area contributed by atoms with Gasteiger partial charge in [0.15, 0.2) is 0 Å². The van der Waals surface area contributed by atoms with Crippen molar-refractivity contribution in [1.29, 1.82) is 0 Å². The Bertz CT molecular complexity index is 1270. The number of para-hydroxylation sites is 1. The van der Waals surface area contributed by atoms with Crippen molar-refractivity contribution in [2.75, 3.05) is 50.7 Å². The van der Waals surface area contributed by atoms with Crippen LogP contribution >= 0.6 is 0 Å². The van der Waals surface area contributed by atoms with Gasteiger partial charge in [0, 0.05) is 58.4 Å². The number of nitrogens with zero attached hydrogens (tertiary/aromatic N) is 4. The molecular weight excluding hydrogens is 519 g/mol. The third-order valence-corrected chi connectivity index (χ3v) is 9.33. The number of hydrogen-bond donors (Lipinski definition) is 0. The van der Waals surface area contributed by atoms with E-state index in [-0.39, 0.29) is 29.8 Å². The van der Waals surface area contributed by atoms with Crippen molar-refractivity contribution < 1.29 is 22.4 Å². The van der Waals surface area contributed by atoms with Crippen LogP contribution in [0.15, 0.2) is 53.4 Å². The third-order valence-electron chi connectivity index (χ3n) is 7.45. The van der Waals surface area contributed by atoms with Gasteiger partial charge in [0.05, 0.1) is 10.8 Å². The van der Waals surface area contributed by atoms with Crippen LogP contribution in [0.2, 0.25) is 0 Å². The van der Waals surface area contributed by atoms with E-state index in [1.807, 2.05) is 29.2 Å². The number of rotatable bonds is 5. The summed E-state index contributed by atoms with van der Waals surface area (Å²) in [5.74, 6) is -0.634. The van der Waals surface area contributed by atoms with E-state index in [0.29, 0.717) is 38.5 Å². The van der Waals surface area contributed by atoms with Crippen LogP contribution in [-0.2, 0) is 26.2 Å². The largest absolute Gasteiger partial charge is 0.337 e. The van der Waals surface area contributed by atoms with Crippen LogP contribution in [0, 0.1) is 17.7 Å². The van der Waals surface area contributed by atoms with Crippen LogP contribution in [0.1, 0.15) is 39.2 Å². The molecule has 1 atom stereocenters. The molecule has 2 amide bonds. The van der Waals surface area contributed by atoms with E-state index in [0.717, 1.165) is 42.9 Å². The molecule has 1 saturated heterocycles. The standard InChI is InChI=1S/C29H39FN4O4S/c1-22(2)19-31-14-6-15-34(23(3)35)28-8-5-4-7-24(28)20-32(18-17-31)29(36)25-13-16-33(21-25)39(37,38)27-11-9-26(30)10-12-27/h4-5,7-12,22,25H,6,13-21H2,1-3H3. The van der Waals surface area contributed by atoms with Gasteiger partial charge in [0.25, 0.3) is 0 Å². The minimum atomic E-state index is -3.83. The molecule has 2 aliphatic heterocycles. The molecule has 1 unspecified atom stereocenters. The number of amides is 2. The second kappa shape index (κ2) is 12.6. The van der Waals surface area contributed by atoms with Crippen LogP contribution in [0.4, 0.5) is 10.1 Å². The van der Waals surface area contributed by atoms with E-state index in [1.165, 1.54) is 16.4 Å². The SMILES string of the molecule is CC(=O)N1CCCN(CC(C)C)CCN(C(=O)C2CCN(S(=O)(=O)c3ccc(F)cc3)C2)Cc2ccccc21. The lowest BCUT2D eigenvalue weighted by Crippen LogP contribution is -2.43. The van der Waals surface area contributed by atoms with Crippen molar-refractivity contribution >= 4 is 27.5 Å². The van der Waals surface area contributed by atoms with Crippen molar-refractivity contribution in [3.05, 3.63) is 59.9 Å². The molecule has 8 nitrogen and oxygen atoms in total. The fraction of sp³-hybridized carbons (Fsp3) is 0.517. The molecular formula is C29H39FN4O4S. The van der Waals surface area contributed by atoms with Gasteiger partial charge in [-0.05, 0) is 61.2 Å². The maximum absolute atomic E-state index is 13.9. The molecule has 0 spiro atoms. The summed E-state index contributed by atoms with van der Waals surface area (Å²) in [5, 5.41) is 0. The monoisotopic (exact) mass is 558 g/mol. The number of benzene rings is 2. The molecule has 2 heterocycles. The minimum Gasteiger partial charge on any atom is -0.337 e. The summed E-state index contributed by atoms with van der Waals surface area (Å²) in [6.07, 6.45) is 1.25. The van der Waals surface area contributed by atoms with E-state index < -0.39 is 21.8 Å². The Morgan fingerprint density at radius 1 is 0.974 bits per heavy atom. The molecule has 0 bridgehead atoms. The number of hydrogen-bond acceptors (Lipinski definition) is 5. The number of sulfonamides is 1. The predicted octanol–water partition coefficient (Wildman–Crippen LogP) is 3.58. The van der Waals surface area contributed by atoms with E-state index in [9.17, 15) is 22.4 Å². The summed E-state index contributed by atoms with van der Waals surface area (Å²) in [5.41, 5.74) is 1.71. The van der Waals surface area contributed by atoms with Gasteiger partial charge in [-0.15, -0.1) is 0 Å². The Morgan fingerprint density at radius 2 is 1.69 bits per heavy atom. The van der Waals surface area contributed by atoms with Gasteiger partial charge in [0.2, 0.25) is 21.8 Å². The summed E-state index contributed by atoms with van der Waals surface area (Å²) in [6.45, 7) is 10.1. The van der Waals surface area contributed by atoms with Crippen molar-refractivity contribution in [1.82, 2.24) is 14.1 Å². The van der Waals surface area contributed by atoms with Gasteiger partial charge in [-0.2, -0.15) is 4.31 Å². The fourth-order valence-electron chi connectivity index (χ4n) is 5.52. The normalized spacial score (nSPS) is 20.1. The summed E-state index contributed by atoms with van der Waals surface area (Å²) < 4.78 is 41.0. The molecule has 212 valence electrons. The van der Waals surface area contributed by atoms with Crippen LogP contribution < -0.4 is 4.90 Å². The average molecular weight is 559 g/mol. The predicted molar refractivity (Wildman–Crippen MR) is 149 cm³/mol. The summed E-state index contributed by atoms with van der Waals surface area (Å²) in [6, 6.07) is 12.5. The highest BCUT2D eigenvalue weighted by atomic mass is 32.2. The number of carbonyl (C=O) groups excluding carboxylic acids is 2. The highest BCUT2D eigenvalue weighted by molar-refractivity contribution is 7.89. The Hall–Kier alpha value is -2.82. The lowest BCUT2D eigenvalue weighted by Gasteiger charge is -2.30. The van der Waals surface area contributed by atoms with E-state index in [4.69, 9.17) is 0 Å². The van der Waals surface area contributed by atoms with Gasteiger partial charge in [-0.3, -0.25) is 9.59 Å². The second-order valence-electron chi connectivity index (χ2n) is 10.9. The Morgan fingerprint density at radius 3 is 2.38 bits per heavy atom. The Kier molecular flexibility index (Phi) is 9.40. The van der Waals surface area contributed by atoms with Gasteiger partial charge in [0.1, 0.15) is 5.82 Å². The van der Waals surface area contributed by atoms with E-state index in [2.05, 4.69) is 18.7 Å². The van der Waals surface area contributed by atoms with E-state index in [1.54, 1.807) is 11.8 Å². The zero-order valence-corrected chi connectivity index (χ0v) is 23.9. The maximum Gasteiger partial charge on any atom is 0.243 e. The first-order valence-electron chi connectivity index (χ1n) is 13.7. The number of anilines is 1. The molecule has 2 aliphatic rings. The topological polar surface area (TPSA) is 81.2 Å². The van der Waals surface area contributed by atoms with Crippen molar-refractivity contribution in [2.45, 2.75) is 45.1 Å². The summed E-state index contributed by atoms with van der Waals surface area (Å²) >= 11 is 0. The van der Waals surface area contributed by atoms with Gasteiger partial charge in [-0.1, -0.05) is 32.0 Å². The lowest BCUT2D eigenvalue weighted by molar-refractivity contribution is -0.135. The van der Waals surface area contributed by atoms with Gasteiger partial charge < -0.3 is 14.7 Å². The van der Waals surface area contributed by atoms with Crippen LogP contribution in [0.25, 0.3) is 0 Å². The fourth-order valence-corrected chi connectivity index (χ4v) is 7.02. The van der Waals surface area contributed by atoms with Gasteiger partial charge in [-0.25, -0.2) is 12.8 Å². The molecule has 0 aromatic heterocycles. The van der Waals surface area contributed by atoms with Crippen molar-refractivity contribution in [3.8, 4) is 0 Å². The average Bonchev–Trinajstić information content (AvgIpc) is 3.39. The lowest BCUT2D eigenvalue weighted by atomic mass is 10.1. The molecule has 39 heavy (non-hydrogen) atoms. The second-order valence-corrected chi connectivity index (χ2v) is 12.8. The smallest absolute Gasteiger partial charge is 0.243 e. The first-order valence-corrected chi connectivity index (χ1v) is 15.1.